The number of rotatable bonds is 20. The lowest BCUT2D eigenvalue weighted by molar-refractivity contribution is -0.164. The summed E-state index contributed by atoms with van der Waals surface area (Å²) in [4.78, 5) is 74.2. The summed E-state index contributed by atoms with van der Waals surface area (Å²) in [6.45, 7) is 7.18. The van der Waals surface area contributed by atoms with Crippen LogP contribution in [-0.2, 0) is 52.7 Å². The first kappa shape index (κ1) is 46.8. The van der Waals surface area contributed by atoms with Crippen molar-refractivity contribution in [2.24, 2.45) is 11.8 Å². The van der Waals surface area contributed by atoms with E-state index in [2.05, 4.69) is 5.32 Å². The molecule has 3 aromatic carbocycles. The molecule has 6 atom stereocenters. The number of esters is 2. The standard InChI is InChI=1S/C44H60N4O10/c1-11-28(4)39(58-44(55)36(46(5)6)25-31-16-22-34(56-9)23-17-31)40(51)45-38(27(2)3)42(53)47(7)35(24-29-12-18-32(49)19-13-29)41(52)48(8)37(43(54)57-10)26-30-14-20-33(50)21-15-30/h12-23,27-28,35-39,49-50H,11,24-26H2,1-10H3,(H,45,51)/t28-,35-,36-,37-,38+,39-/m1/s1. The number of ether oxygens (including phenoxy) is 3. The molecule has 3 aromatic rings. The molecule has 0 aliphatic heterocycles. The molecule has 0 bridgehead atoms. The van der Waals surface area contributed by atoms with Crippen LogP contribution in [0.25, 0.3) is 0 Å². The molecule has 0 saturated heterocycles. The number of phenolic OH excluding ortho intramolecular Hbond substituents is 2. The molecule has 3 amide bonds. The SMILES string of the molecule is CC[C@@H](C)[C@@H](OC(=O)[C@@H](Cc1ccc(OC)cc1)N(C)C)C(=O)N[C@H](C(=O)N(C)[C@H](Cc1ccc(O)cc1)C(=O)N(C)[C@H](Cc1ccc(O)cc1)C(=O)OC)C(C)C. The van der Waals surface area contributed by atoms with Crippen LogP contribution in [0, 0.1) is 11.8 Å². The van der Waals surface area contributed by atoms with Gasteiger partial charge in [-0.05, 0) is 85.9 Å². The van der Waals surface area contributed by atoms with E-state index in [1.807, 2.05) is 19.1 Å². The fourth-order valence-electron chi connectivity index (χ4n) is 6.43. The average molecular weight is 805 g/mol. The zero-order valence-electron chi connectivity index (χ0n) is 35.3. The Kier molecular flexibility index (Phi) is 17.5. The highest BCUT2D eigenvalue weighted by Gasteiger charge is 2.40. The molecule has 0 saturated carbocycles. The van der Waals surface area contributed by atoms with E-state index in [1.54, 1.807) is 83.3 Å². The first-order valence-electron chi connectivity index (χ1n) is 19.4. The number of nitrogens with zero attached hydrogens (tertiary/aromatic N) is 3. The summed E-state index contributed by atoms with van der Waals surface area (Å²) in [6.07, 6.45) is -0.341. The van der Waals surface area contributed by atoms with Crippen molar-refractivity contribution in [3.63, 3.8) is 0 Å². The van der Waals surface area contributed by atoms with Gasteiger partial charge in [0.1, 0.15) is 41.4 Å². The van der Waals surface area contributed by atoms with Gasteiger partial charge >= 0.3 is 11.9 Å². The highest BCUT2D eigenvalue weighted by Crippen LogP contribution is 2.22. The molecule has 0 unspecified atom stereocenters. The van der Waals surface area contributed by atoms with Crippen molar-refractivity contribution in [3.8, 4) is 17.2 Å². The number of hydrogen-bond donors (Lipinski definition) is 3. The number of nitrogens with one attached hydrogen (secondary N) is 1. The van der Waals surface area contributed by atoms with Crippen LogP contribution in [0.15, 0.2) is 72.8 Å². The van der Waals surface area contributed by atoms with E-state index >= 15 is 0 Å². The van der Waals surface area contributed by atoms with Gasteiger partial charge in [0.05, 0.1) is 14.2 Å². The maximum absolute atomic E-state index is 14.5. The summed E-state index contributed by atoms with van der Waals surface area (Å²) >= 11 is 0. The lowest BCUT2D eigenvalue weighted by Gasteiger charge is -2.36. The number of methoxy groups -OCH3 is 2. The monoisotopic (exact) mass is 804 g/mol. The molecule has 0 fully saturated rings. The van der Waals surface area contributed by atoms with E-state index in [-0.39, 0.29) is 24.3 Å². The Morgan fingerprint density at radius 2 is 1.09 bits per heavy atom. The minimum absolute atomic E-state index is 0.00475. The molecular weight excluding hydrogens is 745 g/mol. The molecule has 3 N–H and O–H groups in total. The Balaban J connectivity index is 1.92. The lowest BCUT2D eigenvalue weighted by Crippen LogP contribution is -2.59. The quantitative estimate of drug-likeness (QED) is 0.141. The predicted octanol–water partition coefficient (Wildman–Crippen LogP) is 3.99. The summed E-state index contributed by atoms with van der Waals surface area (Å²) in [6, 6.07) is 15.6. The minimum atomic E-state index is -1.23. The van der Waals surface area contributed by atoms with Crippen LogP contribution in [0.4, 0.5) is 0 Å². The maximum atomic E-state index is 14.5. The lowest BCUT2D eigenvalue weighted by atomic mass is 9.96. The Hall–Kier alpha value is -5.63. The first-order chi connectivity index (χ1) is 27.4. The molecule has 0 aliphatic rings. The van der Waals surface area contributed by atoms with Gasteiger partial charge in [0.15, 0.2) is 6.10 Å². The third-order valence-corrected chi connectivity index (χ3v) is 10.5. The number of amides is 3. The molecule has 14 heteroatoms. The van der Waals surface area contributed by atoms with Gasteiger partial charge in [-0.3, -0.25) is 24.1 Å². The Bertz CT molecular complexity index is 1820. The van der Waals surface area contributed by atoms with E-state index in [0.29, 0.717) is 29.7 Å². The predicted molar refractivity (Wildman–Crippen MR) is 219 cm³/mol. The minimum Gasteiger partial charge on any atom is -0.508 e. The molecule has 0 aromatic heterocycles. The highest BCUT2D eigenvalue weighted by atomic mass is 16.6. The van der Waals surface area contributed by atoms with Crippen molar-refractivity contribution in [3.05, 3.63) is 89.5 Å². The molecule has 0 radical (unpaired) electrons. The van der Waals surface area contributed by atoms with Gasteiger partial charge in [-0.25, -0.2) is 4.79 Å². The summed E-state index contributed by atoms with van der Waals surface area (Å²) < 4.78 is 16.3. The Morgan fingerprint density at radius 1 is 0.638 bits per heavy atom. The number of likely N-dealkylation sites (N-methyl/N-ethyl adjacent to an activating group) is 3. The van der Waals surface area contributed by atoms with Gasteiger partial charge in [-0.2, -0.15) is 0 Å². The smallest absolute Gasteiger partial charge is 0.328 e. The second-order valence-electron chi connectivity index (χ2n) is 15.2. The molecule has 316 valence electrons. The van der Waals surface area contributed by atoms with Crippen molar-refractivity contribution in [1.82, 2.24) is 20.0 Å². The number of aromatic hydroxyl groups is 2. The highest BCUT2D eigenvalue weighted by molar-refractivity contribution is 5.95. The van der Waals surface area contributed by atoms with E-state index < -0.39 is 71.8 Å². The molecule has 0 aliphatic carbocycles. The second kappa shape index (κ2) is 21.8. The van der Waals surface area contributed by atoms with Crippen molar-refractivity contribution in [1.29, 1.82) is 0 Å². The maximum Gasteiger partial charge on any atom is 0.328 e. The fourth-order valence-corrected chi connectivity index (χ4v) is 6.43. The zero-order valence-corrected chi connectivity index (χ0v) is 35.3. The number of carbonyl (C=O) groups is 5. The molecule has 3 rings (SSSR count). The first-order valence-corrected chi connectivity index (χ1v) is 19.4. The zero-order chi connectivity index (χ0) is 43.3. The number of benzene rings is 3. The van der Waals surface area contributed by atoms with Crippen LogP contribution in [0.1, 0.15) is 50.8 Å². The van der Waals surface area contributed by atoms with Crippen molar-refractivity contribution in [2.45, 2.75) is 83.6 Å². The third-order valence-electron chi connectivity index (χ3n) is 10.5. The summed E-state index contributed by atoms with van der Waals surface area (Å²) in [5, 5.41) is 22.6. The molecule has 0 spiro atoms. The molecule has 58 heavy (non-hydrogen) atoms. The summed E-state index contributed by atoms with van der Waals surface area (Å²) in [5.74, 6) is -3.22. The van der Waals surface area contributed by atoms with E-state index in [0.717, 1.165) is 5.56 Å². The van der Waals surface area contributed by atoms with Gasteiger partial charge in [-0.15, -0.1) is 0 Å². The van der Waals surface area contributed by atoms with Crippen LogP contribution in [0.3, 0.4) is 0 Å². The van der Waals surface area contributed by atoms with Gasteiger partial charge in [-0.1, -0.05) is 64.1 Å². The van der Waals surface area contributed by atoms with Gasteiger partial charge in [0.25, 0.3) is 5.91 Å². The summed E-state index contributed by atoms with van der Waals surface area (Å²) in [7, 11) is 9.21. The Labute approximate surface area is 342 Å². The van der Waals surface area contributed by atoms with Crippen molar-refractivity contribution in [2.75, 3.05) is 42.4 Å². The number of hydrogen-bond acceptors (Lipinski definition) is 11. The number of phenols is 2. The third kappa shape index (κ3) is 12.7. The van der Waals surface area contributed by atoms with Gasteiger partial charge < -0.3 is 39.5 Å². The van der Waals surface area contributed by atoms with Gasteiger partial charge in [0, 0.05) is 32.9 Å². The van der Waals surface area contributed by atoms with Crippen molar-refractivity contribution >= 4 is 29.7 Å². The van der Waals surface area contributed by atoms with Crippen molar-refractivity contribution < 1.29 is 48.4 Å². The molecule has 0 heterocycles. The molecule has 14 nitrogen and oxygen atoms in total. The summed E-state index contributed by atoms with van der Waals surface area (Å²) in [5.41, 5.74) is 2.15. The van der Waals surface area contributed by atoms with Crippen LogP contribution in [0.2, 0.25) is 0 Å². The topological polar surface area (TPSA) is 175 Å². The van der Waals surface area contributed by atoms with E-state index in [9.17, 15) is 34.2 Å². The van der Waals surface area contributed by atoms with Gasteiger partial charge in [0.2, 0.25) is 11.8 Å². The average Bonchev–Trinajstić information content (AvgIpc) is 3.21. The largest absolute Gasteiger partial charge is 0.508 e. The van der Waals surface area contributed by atoms with Crippen LogP contribution in [-0.4, -0.2) is 127 Å². The Morgan fingerprint density at radius 3 is 1.52 bits per heavy atom. The van der Waals surface area contributed by atoms with Crippen LogP contribution in [0.5, 0.6) is 17.2 Å². The van der Waals surface area contributed by atoms with E-state index in [1.165, 1.54) is 55.3 Å². The van der Waals surface area contributed by atoms with Crippen LogP contribution < -0.4 is 10.1 Å². The van der Waals surface area contributed by atoms with Crippen LogP contribution >= 0.6 is 0 Å². The number of carbonyl (C=O) groups excluding carboxylic acids is 5. The van der Waals surface area contributed by atoms with E-state index in [4.69, 9.17) is 14.2 Å². The second-order valence-corrected chi connectivity index (χ2v) is 15.2. The normalized spacial score (nSPS) is 14.3. The molecular formula is C44H60N4O10. The fraction of sp³-hybridized carbons (Fsp3) is 0.477.